The summed E-state index contributed by atoms with van der Waals surface area (Å²) in [5.74, 6) is -2.36. The van der Waals surface area contributed by atoms with Crippen LogP contribution in [0.3, 0.4) is 0 Å². The van der Waals surface area contributed by atoms with Gasteiger partial charge < -0.3 is 16.2 Å². The van der Waals surface area contributed by atoms with E-state index in [-0.39, 0.29) is 22.0 Å². The van der Waals surface area contributed by atoms with Crippen molar-refractivity contribution >= 4 is 23.3 Å². The van der Waals surface area contributed by atoms with Crippen LogP contribution in [0.5, 0.6) is 0 Å². The fourth-order valence-corrected chi connectivity index (χ4v) is 3.58. The van der Waals surface area contributed by atoms with Gasteiger partial charge in [0, 0.05) is 22.8 Å². The zero-order valence-electron chi connectivity index (χ0n) is 15.0. The molecule has 0 aromatic heterocycles. The monoisotopic (exact) mass is 399 g/mol. The summed E-state index contributed by atoms with van der Waals surface area (Å²) in [5.41, 5.74) is 7.60. The number of rotatable bonds is 5. The first kappa shape index (κ1) is 19.6. The Morgan fingerprint density at radius 2 is 1.89 bits per heavy atom. The number of nitrogens with two attached hydrogens (primary N) is 1. The van der Waals surface area contributed by atoms with E-state index < -0.39 is 16.8 Å². The highest BCUT2D eigenvalue weighted by atomic mass is 35.5. The van der Waals surface area contributed by atoms with Crippen LogP contribution in [0, 0.1) is 10.1 Å². The second kappa shape index (κ2) is 7.84. The molecule has 1 aliphatic rings. The van der Waals surface area contributed by atoms with E-state index in [4.69, 9.17) is 17.3 Å². The van der Waals surface area contributed by atoms with E-state index in [1.807, 2.05) is 0 Å². The molecular formula is C20H18ClN3O4. The van der Waals surface area contributed by atoms with Crippen LogP contribution in [0.1, 0.15) is 29.5 Å². The molecule has 1 heterocycles. The molecule has 0 amide bonds. The van der Waals surface area contributed by atoms with Crippen molar-refractivity contribution < 1.29 is 14.8 Å². The molecule has 7 nitrogen and oxygen atoms in total. The van der Waals surface area contributed by atoms with Crippen molar-refractivity contribution in [1.29, 1.82) is 0 Å². The van der Waals surface area contributed by atoms with Crippen LogP contribution in [0.25, 0.3) is 5.70 Å². The summed E-state index contributed by atoms with van der Waals surface area (Å²) in [5, 5.41) is 25.0. The summed E-state index contributed by atoms with van der Waals surface area (Å²) < 4.78 is 0. The first-order valence-corrected chi connectivity index (χ1v) is 8.86. The number of carboxylic acids is 1. The summed E-state index contributed by atoms with van der Waals surface area (Å²) in [4.78, 5) is 23.5. The molecule has 0 saturated carbocycles. The van der Waals surface area contributed by atoms with Crippen LogP contribution in [0.4, 0.5) is 0 Å². The predicted octanol–water partition coefficient (Wildman–Crippen LogP) is 3.49. The number of aliphatic carboxylic acids is 1. The molecule has 2 aromatic carbocycles. The second-order valence-corrected chi connectivity index (χ2v) is 6.75. The van der Waals surface area contributed by atoms with Crippen LogP contribution >= 0.6 is 11.6 Å². The number of nitrogens with zero attached hydrogens (tertiary/aromatic N) is 1. The first-order valence-electron chi connectivity index (χ1n) is 8.48. The molecule has 144 valence electrons. The Morgan fingerprint density at radius 3 is 2.43 bits per heavy atom. The van der Waals surface area contributed by atoms with E-state index in [9.17, 15) is 20.0 Å². The van der Waals surface area contributed by atoms with E-state index in [1.165, 1.54) is 0 Å². The van der Waals surface area contributed by atoms with Gasteiger partial charge in [-0.1, -0.05) is 54.1 Å². The van der Waals surface area contributed by atoms with E-state index >= 15 is 0 Å². The lowest BCUT2D eigenvalue weighted by Crippen LogP contribution is -2.31. The number of carbonyl (C=O) groups is 1. The van der Waals surface area contributed by atoms with Crippen LogP contribution in [0.2, 0.25) is 5.02 Å². The molecule has 0 spiro atoms. The Balaban J connectivity index is 2.29. The molecular weight excluding hydrogens is 382 g/mol. The van der Waals surface area contributed by atoms with Gasteiger partial charge >= 0.3 is 5.97 Å². The van der Waals surface area contributed by atoms with Crippen molar-refractivity contribution in [2.24, 2.45) is 5.73 Å². The van der Waals surface area contributed by atoms with Crippen molar-refractivity contribution in [3.05, 3.63) is 97.3 Å². The lowest BCUT2D eigenvalue weighted by atomic mass is 9.83. The standard InChI is InChI=1S/C20H18ClN3O4/c1-11-16(20(25)26)17(14-4-2-3-5-15(14)21)19(24(27)28)18(23-11)13-8-6-12(10-22)7-9-13/h2-9,17,23H,10,22H2,1H3,(H,25,26). The molecule has 1 aliphatic heterocycles. The fourth-order valence-electron chi connectivity index (χ4n) is 3.34. The van der Waals surface area contributed by atoms with Crippen molar-refractivity contribution in [3.8, 4) is 0 Å². The van der Waals surface area contributed by atoms with Gasteiger partial charge in [-0.25, -0.2) is 4.79 Å². The van der Waals surface area contributed by atoms with E-state index in [1.54, 1.807) is 55.5 Å². The molecule has 4 N–H and O–H groups in total. The number of hydrogen-bond acceptors (Lipinski definition) is 5. The van der Waals surface area contributed by atoms with Gasteiger partial charge in [0.1, 0.15) is 11.6 Å². The molecule has 0 radical (unpaired) electrons. The molecule has 0 fully saturated rings. The molecule has 0 saturated heterocycles. The normalized spacial score (nSPS) is 16.8. The third-order valence-corrected chi connectivity index (χ3v) is 5.00. The Morgan fingerprint density at radius 1 is 1.25 bits per heavy atom. The molecule has 3 rings (SSSR count). The Kier molecular flexibility index (Phi) is 5.48. The number of carboxylic acid groups (broad SMARTS) is 1. The highest BCUT2D eigenvalue weighted by Crippen LogP contribution is 2.43. The van der Waals surface area contributed by atoms with Crippen molar-refractivity contribution in [3.63, 3.8) is 0 Å². The zero-order chi connectivity index (χ0) is 20.4. The minimum Gasteiger partial charge on any atom is -0.478 e. The van der Waals surface area contributed by atoms with Crippen LogP contribution in [-0.2, 0) is 11.3 Å². The summed E-state index contributed by atoms with van der Waals surface area (Å²) in [7, 11) is 0. The molecule has 1 unspecified atom stereocenters. The average molecular weight is 400 g/mol. The third-order valence-electron chi connectivity index (χ3n) is 4.66. The fraction of sp³-hybridized carbons (Fsp3) is 0.150. The zero-order valence-corrected chi connectivity index (χ0v) is 15.7. The van der Waals surface area contributed by atoms with Gasteiger partial charge in [-0.3, -0.25) is 10.1 Å². The summed E-state index contributed by atoms with van der Waals surface area (Å²) in [6.07, 6.45) is 0. The van der Waals surface area contributed by atoms with Crippen LogP contribution < -0.4 is 11.1 Å². The Hall–Kier alpha value is -3.16. The molecule has 8 heteroatoms. The van der Waals surface area contributed by atoms with Gasteiger partial charge in [-0.15, -0.1) is 0 Å². The Labute approximate surface area is 166 Å². The molecule has 28 heavy (non-hydrogen) atoms. The van der Waals surface area contributed by atoms with Crippen molar-refractivity contribution in [2.75, 3.05) is 0 Å². The number of benzene rings is 2. The number of nitro groups is 1. The smallest absolute Gasteiger partial charge is 0.334 e. The third kappa shape index (κ3) is 3.49. The van der Waals surface area contributed by atoms with Gasteiger partial charge in [0.05, 0.1) is 10.5 Å². The topological polar surface area (TPSA) is 118 Å². The maximum absolute atomic E-state index is 12.1. The quantitative estimate of drug-likeness (QED) is 0.523. The van der Waals surface area contributed by atoms with Gasteiger partial charge in [-0.05, 0) is 24.1 Å². The highest BCUT2D eigenvalue weighted by Gasteiger charge is 2.42. The Bertz CT molecular complexity index is 1010. The van der Waals surface area contributed by atoms with Crippen molar-refractivity contribution in [1.82, 2.24) is 5.32 Å². The number of nitrogens with one attached hydrogen (secondary N) is 1. The SMILES string of the molecule is CC1=C(C(=O)O)C(c2ccccc2Cl)C([N+](=O)[O-])=C(c2ccc(CN)cc2)N1. The van der Waals surface area contributed by atoms with E-state index in [2.05, 4.69) is 5.32 Å². The lowest BCUT2D eigenvalue weighted by molar-refractivity contribution is -0.428. The number of dihydropyridines is 1. The summed E-state index contributed by atoms with van der Waals surface area (Å²) in [6, 6.07) is 13.5. The number of halogens is 1. The van der Waals surface area contributed by atoms with Gasteiger partial charge in [0.15, 0.2) is 0 Å². The van der Waals surface area contributed by atoms with Gasteiger partial charge in [0.2, 0.25) is 0 Å². The summed E-state index contributed by atoms with van der Waals surface area (Å²) in [6.45, 7) is 1.93. The van der Waals surface area contributed by atoms with E-state index in [0.717, 1.165) is 5.56 Å². The number of allylic oxidation sites excluding steroid dienone is 2. The van der Waals surface area contributed by atoms with Gasteiger partial charge in [0.25, 0.3) is 5.70 Å². The minimum absolute atomic E-state index is 0.109. The number of hydrogen-bond donors (Lipinski definition) is 3. The van der Waals surface area contributed by atoms with Crippen LogP contribution in [-0.4, -0.2) is 16.0 Å². The maximum atomic E-state index is 12.1. The predicted molar refractivity (Wildman–Crippen MR) is 106 cm³/mol. The van der Waals surface area contributed by atoms with E-state index in [0.29, 0.717) is 23.4 Å². The highest BCUT2D eigenvalue weighted by molar-refractivity contribution is 6.31. The molecule has 2 aromatic rings. The average Bonchev–Trinajstić information content (AvgIpc) is 2.67. The largest absolute Gasteiger partial charge is 0.478 e. The molecule has 1 atom stereocenters. The van der Waals surface area contributed by atoms with Gasteiger partial charge in [-0.2, -0.15) is 0 Å². The van der Waals surface area contributed by atoms with Crippen LogP contribution in [0.15, 0.2) is 65.5 Å². The second-order valence-electron chi connectivity index (χ2n) is 6.34. The lowest BCUT2D eigenvalue weighted by Gasteiger charge is -2.27. The first-order chi connectivity index (χ1) is 13.3. The minimum atomic E-state index is -1.24. The van der Waals surface area contributed by atoms with Crippen molar-refractivity contribution in [2.45, 2.75) is 19.4 Å². The maximum Gasteiger partial charge on any atom is 0.334 e. The molecule has 0 bridgehead atoms. The summed E-state index contributed by atoms with van der Waals surface area (Å²) >= 11 is 6.28. The molecule has 0 aliphatic carbocycles.